The Labute approximate surface area is 92.7 Å². The average molecular weight is 221 g/mol. The predicted molar refractivity (Wildman–Crippen MR) is 59.0 cm³/mol. The van der Waals surface area contributed by atoms with Gasteiger partial charge in [-0.25, -0.2) is 0 Å². The van der Waals surface area contributed by atoms with E-state index in [0.29, 0.717) is 5.15 Å². The van der Waals surface area contributed by atoms with E-state index in [-0.39, 0.29) is 0 Å². The Morgan fingerprint density at radius 2 is 1.87 bits per heavy atom. The zero-order valence-electron chi connectivity index (χ0n) is 8.14. The molecule has 0 bridgehead atoms. The van der Waals surface area contributed by atoms with Crippen molar-refractivity contribution < 1.29 is 4.74 Å². The number of nitrogens with zero attached hydrogens (tertiary/aromatic N) is 2. The van der Waals surface area contributed by atoms with Crippen molar-refractivity contribution in [2.45, 2.75) is 0 Å². The number of ether oxygens (including phenoxy) is 1. The Kier molecular flexibility index (Phi) is 2.83. The minimum absolute atomic E-state index is 0.383. The maximum absolute atomic E-state index is 5.67. The Morgan fingerprint density at radius 1 is 1.07 bits per heavy atom. The van der Waals surface area contributed by atoms with Gasteiger partial charge in [0, 0.05) is 5.56 Å². The fourth-order valence-electron chi connectivity index (χ4n) is 1.32. The maximum Gasteiger partial charge on any atom is 0.151 e. The van der Waals surface area contributed by atoms with Crippen LogP contribution < -0.4 is 4.74 Å². The van der Waals surface area contributed by atoms with Gasteiger partial charge in [0.25, 0.3) is 0 Å². The largest absolute Gasteiger partial charge is 0.496 e. The molecule has 0 aliphatic rings. The van der Waals surface area contributed by atoms with E-state index in [4.69, 9.17) is 16.3 Å². The molecule has 1 aromatic carbocycles. The fraction of sp³-hybridized carbons (Fsp3) is 0.0909. The first-order chi connectivity index (χ1) is 7.31. The van der Waals surface area contributed by atoms with Crippen LogP contribution in [0, 0.1) is 0 Å². The number of methoxy groups -OCH3 is 1. The lowest BCUT2D eigenvalue weighted by atomic mass is 10.1. The van der Waals surface area contributed by atoms with Gasteiger partial charge < -0.3 is 4.74 Å². The number of rotatable bonds is 2. The summed E-state index contributed by atoms with van der Waals surface area (Å²) >= 11 is 5.67. The highest BCUT2D eigenvalue weighted by Gasteiger charge is 2.05. The fourth-order valence-corrected chi connectivity index (χ4v) is 1.42. The Hall–Kier alpha value is -1.61. The summed E-state index contributed by atoms with van der Waals surface area (Å²) in [4.78, 5) is 0. The first kappa shape index (κ1) is 9.93. The molecule has 3 nitrogen and oxygen atoms in total. The monoisotopic (exact) mass is 220 g/mol. The summed E-state index contributed by atoms with van der Waals surface area (Å²) in [7, 11) is 1.63. The Bertz CT molecular complexity index is 456. The van der Waals surface area contributed by atoms with Crippen LogP contribution in [0.5, 0.6) is 5.75 Å². The molecular weight excluding hydrogens is 212 g/mol. The summed E-state index contributed by atoms with van der Waals surface area (Å²) in [6.07, 6.45) is 0. The smallest absolute Gasteiger partial charge is 0.151 e. The molecule has 2 aromatic rings. The lowest BCUT2D eigenvalue weighted by molar-refractivity contribution is 0.416. The molecule has 2 rings (SSSR count). The molecule has 0 aliphatic carbocycles. The van der Waals surface area contributed by atoms with Gasteiger partial charge in [-0.05, 0) is 24.3 Å². The van der Waals surface area contributed by atoms with E-state index in [2.05, 4.69) is 10.2 Å². The lowest BCUT2D eigenvalue weighted by Crippen LogP contribution is -1.91. The molecule has 0 unspecified atom stereocenters. The molecule has 0 saturated heterocycles. The molecule has 4 heteroatoms. The van der Waals surface area contributed by atoms with Crippen LogP contribution in [0.3, 0.4) is 0 Å². The molecule has 1 heterocycles. The zero-order valence-corrected chi connectivity index (χ0v) is 8.90. The Morgan fingerprint density at radius 3 is 2.53 bits per heavy atom. The first-order valence-electron chi connectivity index (χ1n) is 4.44. The lowest BCUT2D eigenvalue weighted by Gasteiger charge is -2.06. The molecule has 76 valence electrons. The summed E-state index contributed by atoms with van der Waals surface area (Å²) < 4.78 is 5.23. The Balaban J connectivity index is 2.49. The summed E-state index contributed by atoms with van der Waals surface area (Å²) in [6.45, 7) is 0. The van der Waals surface area contributed by atoms with E-state index in [1.54, 1.807) is 13.2 Å². The second-order valence-corrected chi connectivity index (χ2v) is 3.33. The number of halogens is 1. The van der Waals surface area contributed by atoms with Crippen LogP contribution >= 0.6 is 11.6 Å². The van der Waals surface area contributed by atoms with E-state index in [9.17, 15) is 0 Å². The number of para-hydroxylation sites is 1. The minimum Gasteiger partial charge on any atom is -0.496 e. The molecule has 0 saturated carbocycles. The van der Waals surface area contributed by atoms with Gasteiger partial charge in [0.15, 0.2) is 5.15 Å². The molecule has 0 atom stereocenters. The second kappa shape index (κ2) is 4.28. The van der Waals surface area contributed by atoms with Crippen LogP contribution in [0.1, 0.15) is 0 Å². The number of hydrogen-bond donors (Lipinski definition) is 0. The summed E-state index contributed by atoms with van der Waals surface area (Å²) in [5.41, 5.74) is 1.65. The predicted octanol–water partition coefficient (Wildman–Crippen LogP) is 2.81. The molecule has 0 radical (unpaired) electrons. The van der Waals surface area contributed by atoms with Crippen LogP contribution in [0.4, 0.5) is 0 Å². The minimum atomic E-state index is 0.383. The normalized spacial score (nSPS) is 10.0. The molecular formula is C11H9ClN2O. The highest BCUT2D eigenvalue weighted by Crippen LogP contribution is 2.27. The summed E-state index contributed by atoms with van der Waals surface area (Å²) in [5, 5.41) is 8.17. The van der Waals surface area contributed by atoms with Crippen molar-refractivity contribution in [1.29, 1.82) is 0 Å². The third-order valence-corrected chi connectivity index (χ3v) is 2.22. The van der Waals surface area contributed by atoms with Crippen molar-refractivity contribution in [2.75, 3.05) is 7.11 Å². The molecule has 15 heavy (non-hydrogen) atoms. The number of hydrogen-bond acceptors (Lipinski definition) is 3. The van der Waals surface area contributed by atoms with Crippen LogP contribution in [0.2, 0.25) is 5.15 Å². The molecule has 0 fully saturated rings. The van der Waals surface area contributed by atoms with Gasteiger partial charge in [0.1, 0.15) is 5.75 Å². The average Bonchev–Trinajstić information content (AvgIpc) is 2.30. The molecule has 0 N–H and O–H groups in total. The van der Waals surface area contributed by atoms with Crippen molar-refractivity contribution in [3.05, 3.63) is 41.6 Å². The van der Waals surface area contributed by atoms with Crippen molar-refractivity contribution >= 4 is 11.6 Å². The SMILES string of the molecule is COc1ccccc1-c1ccc(Cl)nn1. The molecule has 1 aromatic heterocycles. The van der Waals surface area contributed by atoms with E-state index in [1.807, 2.05) is 30.3 Å². The van der Waals surface area contributed by atoms with E-state index in [0.717, 1.165) is 17.0 Å². The van der Waals surface area contributed by atoms with E-state index in [1.165, 1.54) is 0 Å². The zero-order chi connectivity index (χ0) is 10.7. The van der Waals surface area contributed by atoms with Gasteiger partial charge in [-0.2, -0.15) is 0 Å². The van der Waals surface area contributed by atoms with E-state index >= 15 is 0 Å². The molecule has 0 spiro atoms. The summed E-state index contributed by atoms with van der Waals surface area (Å²) in [6, 6.07) is 11.2. The second-order valence-electron chi connectivity index (χ2n) is 2.94. The summed E-state index contributed by atoms with van der Waals surface area (Å²) in [5.74, 6) is 0.772. The van der Waals surface area contributed by atoms with Gasteiger partial charge in [0.2, 0.25) is 0 Å². The first-order valence-corrected chi connectivity index (χ1v) is 4.81. The van der Waals surface area contributed by atoms with E-state index < -0.39 is 0 Å². The van der Waals surface area contributed by atoms with Gasteiger partial charge in [-0.1, -0.05) is 23.7 Å². The van der Waals surface area contributed by atoms with Gasteiger partial charge in [0.05, 0.1) is 12.8 Å². The van der Waals surface area contributed by atoms with Crippen LogP contribution in [0.15, 0.2) is 36.4 Å². The topological polar surface area (TPSA) is 35.0 Å². The van der Waals surface area contributed by atoms with Crippen LogP contribution in [-0.4, -0.2) is 17.3 Å². The molecule has 0 amide bonds. The van der Waals surface area contributed by atoms with Crippen LogP contribution in [-0.2, 0) is 0 Å². The highest BCUT2D eigenvalue weighted by molar-refractivity contribution is 6.29. The van der Waals surface area contributed by atoms with Crippen molar-refractivity contribution in [3.8, 4) is 17.0 Å². The third kappa shape index (κ3) is 2.07. The third-order valence-electron chi connectivity index (χ3n) is 2.01. The van der Waals surface area contributed by atoms with Crippen LogP contribution in [0.25, 0.3) is 11.3 Å². The maximum atomic E-state index is 5.67. The van der Waals surface area contributed by atoms with Crippen molar-refractivity contribution in [2.24, 2.45) is 0 Å². The van der Waals surface area contributed by atoms with Crippen molar-refractivity contribution in [3.63, 3.8) is 0 Å². The quantitative estimate of drug-likeness (QED) is 0.781. The standard InChI is InChI=1S/C11H9ClN2O/c1-15-10-5-3-2-4-8(10)9-6-7-11(12)14-13-9/h2-7H,1H3. The van der Waals surface area contributed by atoms with Crippen molar-refractivity contribution in [1.82, 2.24) is 10.2 Å². The highest BCUT2D eigenvalue weighted by atomic mass is 35.5. The van der Waals surface area contributed by atoms with Gasteiger partial charge in [-0.3, -0.25) is 0 Å². The molecule has 0 aliphatic heterocycles. The number of benzene rings is 1. The van der Waals surface area contributed by atoms with Gasteiger partial charge >= 0.3 is 0 Å². The number of aromatic nitrogens is 2. The van der Waals surface area contributed by atoms with Gasteiger partial charge in [-0.15, -0.1) is 10.2 Å².